The number of aryl methyl sites for hydroxylation is 1. The molecule has 1 aromatic carbocycles. The minimum atomic E-state index is 0.360. The molecule has 2 aliphatic rings. The second-order valence-electron chi connectivity index (χ2n) is 5.92. The van der Waals surface area contributed by atoms with Crippen LogP contribution in [0.1, 0.15) is 36.8 Å². The molecule has 3 unspecified atom stereocenters. The molecule has 0 amide bonds. The van der Waals surface area contributed by atoms with Crippen molar-refractivity contribution in [1.29, 1.82) is 0 Å². The maximum Gasteiger partial charge on any atom is 0.0610 e. The quantitative estimate of drug-likeness (QED) is 0.821. The molecule has 2 nitrogen and oxygen atoms in total. The first-order valence-electron chi connectivity index (χ1n) is 7.11. The highest BCUT2D eigenvalue weighted by Gasteiger charge is 2.49. The van der Waals surface area contributed by atoms with Gasteiger partial charge in [0.25, 0.3) is 0 Å². The Kier molecular flexibility index (Phi) is 3.16. The Bertz CT molecular complexity index is 431. The van der Waals surface area contributed by atoms with E-state index < -0.39 is 0 Å². The molecule has 98 valence electrons. The molecule has 0 saturated carbocycles. The molecule has 2 fully saturated rings. The first-order chi connectivity index (χ1) is 8.72. The van der Waals surface area contributed by atoms with E-state index in [1.165, 1.54) is 24.0 Å². The van der Waals surface area contributed by atoms with Gasteiger partial charge in [-0.2, -0.15) is 0 Å². The minimum Gasteiger partial charge on any atom is -0.378 e. The third-order valence-corrected chi connectivity index (χ3v) is 5.00. The predicted molar refractivity (Wildman–Crippen MR) is 73.9 cm³/mol. The largest absolute Gasteiger partial charge is 0.378 e. The van der Waals surface area contributed by atoms with Gasteiger partial charge in [-0.05, 0) is 38.8 Å². The minimum absolute atomic E-state index is 0.360. The number of hydrogen-bond acceptors (Lipinski definition) is 2. The number of rotatable bonds is 1. The third-order valence-electron chi connectivity index (χ3n) is 5.00. The predicted octanol–water partition coefficient (Wildman–Crippen LogP) is 2.87. The van der Waals surface area contributed by atoms with Gasteiger partial charge in [0.1, 0.15) is 0 Å². The van der Waals surface area contributed by atoms with Crippen LogP contribution in [0.2, 0.25) is 0 Å². The van der Waals surface area contributed by atoms with Crippen LogP contribution < -0.4 is 5.32 Å². The molecular weight excluding hydrogens is 222 g/mol. The van der Waals surface area contributed by atoms with E-state index in [4.69, 9.17) is 4.74 Å². The Hall–Kier alpha value is -0.860. The van der Waals surface area contributed by atoms with Crippen LogP contribution in [-0.4, -0.2) is 25.8 Å². The summed E-state index contributed by atoms with van der Waals surface area (Å²) in [6.45, 7) is 7.61. The van der Waals surface area contributed by atoms with E-state index in [0.717, 1.165) is 19.7 Å². The molecule has 18 heavy (non-hydrogen) atoms. The zero-order valence-corrected chi connectivity index (χ0v) is 11.4. The lowest BCUT2D eigenvalue weighted by Crippen LogP contribution is -2.47. The van der Waals surface area contributed by atoms with Gasteiger partial charge in [-0.15, -0.1) is 0 Å². The van der Waals surface area contributed by atoms with E-state index in [1.807, 2.05) is 0 Å². The van der Waals surface area contributed by atoms with Gasteiger partial charge in [-0.25, -0.2) is 0 Å². The SMILES string of the molecule is Cc1cccc(C2CNCCC23CCOC3C)c1. The van der Waals surface area contributed by atoms with Gasteiger partial charge in [0.2, 0.25) is 0 Å². The van der Waals surface area contributed by atoms with Crippen molar-refractivity contribution in [2.24, 2.45) is 5.41 Å². The standard InChI is InChI=1S/C16H23NO/c1-12-4-3-5-14(10-12)15-11-17-8-6-16(15)7-9-18-13(16)2/h3-5,10,13,15,17H,6-9,11H2,1-2H3. The van der Waals surface area contributed by atoms with Gasteiger partial charge in [0.05, 0.1) is 6.10 Å². The van der Waals surface area contributed by atoms with Crippen LogP contribution in [0, 0.1) is 12.3 Å². The second-order valence-corrected chi connectivity index (χ2v) is 5.92. The number of hydrogen-bond donors (Lipinski definition) is 1. The number of ether oxygens (including phenoxy) is 1. The Morgan fingerprint density at radius 2 is 2.22 bits per heavy atom. The highest BCUT2D eigenvalue weighted by Crippen LogP contribution is 2.50. The van der Waals surface area contributed by atoms with E-state index in [9.17, 15) is 0 Å². The summed E-state index contributed by atoms with van der Waals surface area (Å²) in [6, 6.07) is 9.01. The summed E-state index contributed by atoms with van der Waals surface area (Å²) in [5, 5.41) is 3.57. The Labute approximate surface area is 110 Å². The van der Waals surface area contributed by atoms with Crippen molar-refractivity contribution >= 4 is 0 Å². The first kappa shape index (κ1) is 12.2. The maximum atomic E-state index is 5.90. The van der Waals surface area contributed by atoms with Crippen molar-refractivity contribution in [3.63, 3.8) is 0 Å². The Morgan fingerprint density at radius 3 is 2.94 bits per heavy atom. The van der Waals surface area contributed by atoms with Gasteiger partial charge < -0.3 is 10.1 Å². The summed E-state index contributed by atoms with van der Waals surface area (Å²) in [5.41, 5.74) is 3.21. The fourth-order valence-electron chi connectivity index (χ4n) is 3.86. The molecule has 0 bridgehead atoms. The van der Waals surface area contributed by atoms with E-state index in [0.29, 0.717) is 17.4 Å². The van der Waals surface area contributed by atoms with Crippen molar-refractivity contribution in [1.82, 2.24) is 5.32 Å². The maximum absolute atomic E-state index is 5.90. The molecule has 0 aromatic heterocycles. The Balaban J connectivity index is 1.97. The normalized spacial score (nSPS) is 36.1. The summed E-state index contributed by atoms with van der Waals surface area (Å²) in [5.74, 6) is 0.601. The van der Waals surface area contributed by atoms with Crippen molar-refractivity contribution < 1.29 is 4.74 Å². The van der Waals surface area contributed by atoms with E-state index in [-0.39, 0.29) is 0 Å². The number of nitrogens with one attached hydrogen (secondary N) is 1. The molecule has 1 aromatic rings. The summed E-state index contributed by atoms with van der Waals surface area (Å²) in [4.78, 5) is 0. The van der Waals surface area contributed by atoms with Gasteiger partial charge in [0, 0.05) is 24.5 Å². The monoisotopic (exact) mass is 245 g/mol. The van der Waals surface area contributed by atoms with Gasteiger partial charge in [0.15, 0.2) is 0 Å². The first-order valence-corrected chi connectivity index (χ1v) is 7.11. The Morgan fingerprint density at radius 1 is 1.33 bits per heavy atom. The van der Waals surface area contributed by atoms with Crippen LogP contribution in [0.25, 0.3) is 0 Å². The lowest BCUT2D eigenvalue weighted by molar-refractivity contribution is 0.0326. The molecule has 2 heteroatoms. The summed E-state index contributed by atoms with van der Waals surface area (Å²) in [7, 11) is 0. The van der Waals surface area contributed by atoms with Crippen LogP contribution in [0.15, 0.2) is 24.3 Å². The fraction of sp³-hybridized carbons (Fsp3) is 0.625. The zero-order valence-electron chi connectivity index (χ0n) is 11.4. The highest BCUT2D eigenvalue weighted by molar-refractivity contribution is 5.29. The number of benzene rings is 1. The van der Waals surface area contributed by atoms with Crippen molar-refractivity contribution in [2.45, 2.75) is 38.7 Å². The van der Waals surface area contributed by atoms with Crippen LogP contribution in [0.3, 0.4) is 0 Å². The molecule has 3 rings (SSSR count). The third kappa shape index (κ3) is 1.88. The molecule has 2 saturated heterocycles. The van der Waals surface area contributed by atoms with Crippen LogP contribution in [-0.2, 0) is 4.74 Å². The molecule has 0 aliphatic carbocycles. The molecule has 2 aliphatic heterocycles. The average molecular weight is 245 g/mol. The van der Waals surface area contributed by atoms with Crippen molar-refractivity contribution in [3.05, 3.63) is 35.4 Å². The summed E-state index contributed by atoms with van der Waals surface area (Å²) >= 11 is 0. The molecule has 3 atom stereocenters. The van der Waals surface area contributed by atoms with Crippen LogP contribution in [0.5, 0.6) is 0 Å². The van der Waals surface area contributed by atoms with Crippen LogP contribution >= 0.6 is 0 Å². The second kappa shape index (κ2) is 4.67. The smallest absolute Gasteiger partial charge is 0.0610 e. The van der Waals surface area contributed by atoms with Gasteiger partial charge in [-0.3, -0.25) is 0 Å². The summed E-state index contributed by atoms with van der Waals surface area (Å²) in [6.07, 6.45) is 2.85. The topological polar surface area (TPSA) is 21.3 Å². The lowest BCUT2D eigenvalue weighted by atomic mass is 9.64. The molecular formula is C16H23NO. The van der Waals surface area contributed by atoms with E-state index in [2.05, 4.69) is 43.4 Å². The van der Waals surface area contributed by atoms with Crippen molar-refractivity contribution in [3.8, 4) is 0 Å². The average Bonchev–Trinajstić information content (AvgIpc) is 2.72. The lowest BCUT2D eigenvalue weighted by Gasteiger charge is -2.44. The molecule has 0 radical (unpaired) electrons. The fourth-order valence-corrected chi connectivity index (χ4v) is 3.86. The molecule has 1 N–H and O–H groups in total. The zero-order chi connectivity index (χ0) is 12.6. The van der Waals surface area contributed by atoms with Gasteiger partial charge >= 0.3 is 0 Å². The van der Waals surface area contributed by atoms with Gasteiger partial charge in [-0.1, -0.05) is 29.8 Å². The van der Waals surface area contributed by atoms with Crippen LogP contribution in [0.4, 0.5) is 0 Å². The van der Waals surface area contributed by atoms with E-state index in [1.54, 1.807) is 0 Å². The molecule has 1 spiro atoms. The summed E-state index contributed by atoms with van der Waals surface area (Å²) < 4.78 is 5.90. The van der Waals surface area contributed by atoms with Crippen molar-refractivity contribution in [2.75, 3.05) is 19.7 Å². The highest BCUT2D eigenvalue weighted by atomic mass is 16.5. The molecule has 2 heterocycles. The number of piperidine rings is 1. The van der Waals surface area contributed by atoms with E-state index >= 15 is 0 Å².